The molecule has 0 saturated heterocycles. The van der Waals surface area contributed by atoms with Gasteiger partial charge >= 0.3 is 0 Å². The van der Waals surface area contributed by atoms with E-state index >= 15 is 0 Å². The Morgan fingerprint density at radius 2 is 1.47 bits per heavy atom. The van der Waals surface area contributed by atoms with Crippen molar-refractivity contribution in [3.8, 4) is 11.5 Å². The molecule has 4 aromatic carbocycles. The molecule has 0 unspecified atom stereocenters. The average molecular weight is 477 g/mol. The highest BCUT2D eigenvalue weighted by molar-refractivity contribution is 5.94. The van der Waals surface area contributed by atoms with Crippen molar-refractivity contribution in [2.75, 3.05) is 0 Å². The molecule has 0 aliphatic rings. The van der Waals surface area contributed by atoms with E-state index in [0.717, 1.165) is 22.4 Å². The lowest BCUT2D eigenvalue weighted by atomic mass is 10.1. The van der Waals surface area contributed by atoms with Crippen LogP contribution in [-0.2, 0) is 11.3 Å². The summed E-state index contributed by atoms with van der Waals surface area (Å²) in [6.07, 6.45) is 3.24. The van der Waals surface area contributed by atoms with Crippen LogP contribution in [-0.4, -0.2) is 11.8 Å². The molecule has 36 heavy (non-hydrogen) atoms. The van der Waals surface area contributed by atoms with E-state index in [2.05, 4.69) is 10.6 Å². The van der Waals surface area contributed by atoms with E-state index in [1.54, 1.807) is 18.2 Å². The quantitative estimate of drug-likeness (QED) is 0.279. The number of amides is 2. The van der Waals surface area contributed by atoms with Crippen LogP contribution in [0.1, 0.15) is 40.0 Å². The lowest BCUT2D eigenvalue weighted by molar-refractivity contribution is -0.116. The van der Waals surface area contributed by atoms with E-state index < -0.39 is 0 Å². The SMILES string of the molecule is C[C@H](NC(=O)c1ccc(CNC(=O)C=Cc2cccc(Oc3ccccc3)c2)cc1)c1ccccc1. The van der Waals surface area contributed by atoms with Gasteiger partial charge in [0.15, 0.2) is 0 Å². The van der Waals surface area contributed by atoms with Crippen LogP contribution in [0.25, 0.3) is 6.08 Å². The van der Waals surface area contributed by atoms with E-state index in [1.165, 1.54) is 6.08 Å². The molecule has 2 amide bonds. The fourth-order valence-corrected chi connectivity index (χ4v) is 3.61. The topological polar surface area (TPSA) is 67.4 Å². The van der Waals surface area contributed by atoms with Crippen LogP contribution in [0.15, 0.2) is 115 Å². The molecule has 0 aromatic heterocycles. The molecule has 5 heteroatoms. The van der Waals surface area contributed by atoms with E-state index in [9.17, 15) is 9.59 Å². The van der Waals surface area contributed by atoms with E-state index in [0.29, 0.717) is 17.9 Å². The number of benzene rings is 4. The van der Waals surface area contributed by atoms with Gasteiger partial charge in [-0.1, -0.05) is 72.8 Å². The summed E-state index contributed by atoms with van der Waals surface area (Å²) in [6.45, 7) is 2.32. The number of carbonyl (C=O) groups excluding carboxylic acids is 2. The summed E-state index contributed by atoms with van der Waals surface area (Å²) in [7, 11) is 0. The monoisotopic (exact) mass is 476 g/mol. The maximum atomic E-state index is 12.6. The zero-order chi connectivity index (χ0) is 25.2. The van der Waals surface area contributed by atoms with Gasteiger partial charge in [0.1, 0.15) is 11.5 Å². The lowest BCUT2D eigenvalue weighted by Crippen LogP contribution is -2.26. The molecular weight excluding hydrogens is 448 g/mol. The van der Waals surface area contributed by atoms with E-state index in [-0.39, 0.29) is 17.9 Å². The maximum absolute atomic E-state index is 12.6. The highest BCUT2D eigenvalue weighted by Crippen LogP contribution is 2.22. The number of ether oxygens (including phenoxy) is 1. The Morgan fingerprint density at radius 1 is 0.806 bits per heavy atom. The highest BCUT2D eigenvalue weighted by atomic mass is 16.5. The molecule has 0 spiro atoms. The van der Waals surface area contributed by atoms with Gasteiger partial charge in [-0.2, -0.15) is 0 Å². The van der Waals surface area contributed by atoms with Crippen molar-refractivity contribution in [3.05, 3.63) is 138 Å². The highest BCUT2D eigenvalue weighted by Gasteiger charge is 2.11. The number of carbonyl (C=O) groups is 2. The summed E-state index contributed by atoms with van der Waals surface area (Å²) in [5.74, 6) is 1.11. The molecule has 4 rings (SSSR count). The summed E-state index contributed by atoms with van der Waals surface area (Å²) in [6, 6.07) is 34.0. The smallest absolute Gasteiger partial charge is 0.251 e. The minimum atomic E-state index is -0.206. The molecule has 180 valence electrons. The Labute approximate surface area is 211 Å². The van der Waals surface area contributed by atoms with Gasteiger partial charge in [0.05, 0.1) is 6.04 Å². The predicted molar refractivity (Wildman–Crippen MR) is 143 cm³/mol. The van der Waals surface area contributed by atoms with Crippen LogP contribution in [0, 0.1) is 0 Å². The van der Waals surface area contributed by atoms with Gasteiger partial charge in [-0.3, -0.25) is 9.59 Å². The molecule has 1 atom stereocenters. The first kappa shape index (κ1) is 24.5. The van der Waals surface area contributed by atoms with Crippen molar-refractivity contribution in [3.63, 3.8) is 0 Å². The fourth-order valence-electron chi connectivity index (χ4n) is 3.61. The second-order valence-electron chi connectivity index (χ2n) is 8.34. The van der Waals surface area contributed by atoms with Crippen molar-refractivity contribution in [1.82, 2.24) is 10.6 Å². The number of nitrogens with one attached hydrogen (secondary N) is 2. The second kappa shape index (κ2) is 12.2. The Balaban J connectivity index is 1.26. The molecule has 0 bridgehead atoms. The van der Waals surface area contributed by atoms with Crippen molar-refractivity contribution < 1.29 is 14.3 Å². The van der Waals surface area contributed by atoms with Crippen LogP contribution in [0.5, 0.6) is 11.5 Å². The second-order valence-corrected chi connectivity index (χ2v) is 8.34. The van der Waals surface area contributed by atoms with Crippen LogP contribution in [0.2, 0.25) is 0 Å². The Morgan fingerprint density at radius 3 is 2.19 bits per heavy atom. The van der Waals surface area contributed by atoms with Crippen LogP contribution >= 0.6 is 0 Å². The Bertz CT molecular complexity index is 1320. The largest absolute Gasteiger partial charge is 0.457 e. The molecule has 2 N–H and O–H groups in total. The normalized spacial score (nSPS) is 11.6. The van der Waals surface area contributed by atoms with Gasteiger partial charge in [-0.15, -0.1) is 0 Å². The number of rotatable bonds is 9. The van der Waals surface area contributed by atoms with Gasteiger partial charge in [0.2, 0.25) is 5.91 Å². The van der Waals surface area contributed by atoms with Gasteiger partial charge in [0.25, 0.3) is 5.91 Å². The van der Waals surface area contributed by atoms with E-state index in [4.69, 9.17) is 4.74 Å². The first-order valence-corrected chi connectivity index (χ1v) is 11.8. The summed E-state index contributed by atoms with van der Waals surface area (Å²) in [4.78, 5) is 24.9. The van der Waals surface area contributed by atoms with Crippen molar-refractivity contribution in [1.29, 1.82) is 0 Å². The van der Waals surface area contributed by atoms with Crippen LogP contribution in [0.4, 0.5) is 0 Å². The first-order valence-electron chi connectivity index (χ1n) is 11.8. The van der Waals surface area contributed by atoms with Crippen LogP contribution in [0.3, 0.4) is 0 Å². The molecule has 4 aromatic rings. The first-order chi connectivity index (χ1) is 17.6. The Hall–Kier alpha value is -4.64. The minimum absolute atomic E-state index is 0.0879. The third kappa shape index (κ3) is 7.18. The number of para-hydroxylation sites is 1. The molecule has 5 nitrogen and oxygen atoms in total. The molecule has 0 aliphatic heterocycles. The zero-order valence-corrected chi connectivity index (χ0v) is 20.1. The van der Waals surface area contributed by atoms with Gasteiger partial charge in [-0.25, -0.2) is 0 Å². The third-order valence-electron chi connectivity index (χ3n) is 5.59. The van der Waals surface area contributed by atoms with Gasteiger partial charge in [-0.05, 0) is 66.1 Å². The molecular formula is C31H28N2O3. The molecule has 0 heterocycles. The summed E-state index contributed by atoms with van der Waals surface area (Å²) < 4.78 is 5.84. The summed E-state index contributed by atoms with van der Waals surface area (Å²) in [5.41, 5.74) is 3.39. The minimum Gasteiger partial charge on any atom is -0.457 e. The van der Waals surface area contributed by atoms with E-state index in [1.807, 2.05) is 104 Å². The van der Waals surface area contributed by atoms with Crippen LogP contribution < -0.4 is 15.4 Å². The standard InChI is InChI=1S/C31H28N2O3/c1-23(26-10-4-2-5-11-26)33-31(35)27-18-15-25(16-19-27)22-32-30(34)20-17-24-9-8-14-29(21-24)36-28-12-6-3-7-13-28/h2-21,23H,22H2,1H3,(H,32,34)(H,33,35)/t23-/m0/s1. The number of hydrogen-bond acceptors (Lipinski definition) is 3. The average Bonchev–Trinajstić information content (AvgIpc) is 2.92. The third-order valence-corrected chi connectivity index (χ3v) is 5.59. The molecule has 0 aliphatic carbocycles. The van der Waals surface area contributed by atoms with Gasteiger partial charge < -0.3 is 15.4 Å². The fraction of sp³-hybridized carbons (Fsp3) is 0.0968. The zero-order valence-electron chi connectivity index (χ0n) is 20.1. The summed E-state index contributed by atoms with van der Waals surface area (Å²) >= 11 is 0. The lowest BCUT2D eigenvalue weighted by Gasteiger charge is -2.14. The van der Waals surface area contributed by atoms with Crippen molar-refractivity contribution in [2.24, 2.45) is 0 Å². The predicted octanol–water partition coefficient (Wildman–Crippen LogP) is 6.30. The van der Waals surface area contributed by atoms with Crippen molar-refractivity contribution in [2.45, 2.75) is 19.5 Å². The van der Waals surface area contributed by atoms with Gasteiger partial charge in [0, 0.05) is 18.2 Å². The Kier molecular flexibility index (Phi) is 8.28. The maximum Gasteiger partial charge on any atom is 0.251 e. The number of hydrogen-bond donors (Lipinski definition) is 2. The molecule has 0 saturated carbocycles. The summed E-state index contributed by atoms with van der Waals surface area (Å²) in [5, 5.41) is 5.87. The van der Waals surface area contributed by atoms with Crippen molar-refractivity contribution >= 4 is 17.9 Å². The molecule has 0 radical (unpaired) electrons. The molecule has 0 fully saturated rings.